The second-order valence-electron chi connectivity index (χ2n) is 9.90. The van der Waals surface area contributed by atoms with Crippen molar-refractivity contribution in [3.63, 3.8) is 0 Å². The molecule has 0 amide bonds. The van der Waals surface area contributed by atoms with E-state index in [-0.39, 0.29) is 23.5 Å². The lowest BCUT2D eigenvalue weighted by atomic mass is 9.46. The van der Waals surface area contributed by atoms with E-state index in [0.717, 1.165) is 25.7 Å². The number of ether oxygens (including phenoxy) is 1. The highest BCUT2D eigenvalue weighted by Gasteiger charge is 2.66. The number of hydrogen-bond donors (Lipinski definition) is 0. The van der Waals surface area contributed by atoms with Crippen LogP contribution < -0.4 is 0 Å². The van der Waals surface area contributed by atoms with Gasteiger partial charge in [0.25, 0.3) is 0 Å². The first-order chi connectivity index (χ1) is 14.0. The fraction of sp³-hybridized carbons (Fsp3) is 0.739. The largest absolute Gasteiger partial charge is 0.490 e. The smallest absolute Gasteiger partial charge is 0.439 e. The van der Waals surface area contributed by atoms with Gasteiger partial charge in [0.05, 0.1) is 0 Å². The van der Waals surface area contributed by atoms with Crippen LogP contribution in [0.15, 0.2) is 11.6 Å². The van der Waals surface area contributed by atoms with E-state index in [1.54, 1.807) is 0 Å². The van der Waals surface area contributed by atoms with Gasteiger partial charge in [-0.25, -0.2) is 4.79 Å². The Labute approximate surface area is 179 Å². The fourth-order valence-electron chi connectivity index (χ4n) is 7.25. The number of carbonyl (C=O) groups is 2. The molecule has 0 heterocycles. The molecule has 164 valence electrons. The van der Waals surface area contributed by atoms with Crippen LogP contribution in [0.4, 0.5) is 13.2 Å². The van der Waals surface area contributed by atoms with Gasteiger partial charge in [0.15, 0.2) is 11.4 Å². The molecule has 3 saturated carbocycles. The summed E-state index contributed by atoms with van der Waals surface area (Å²) in [6.45, 7) is 4.17. The molecule has 30 heavy (non-hydrogen) atoms. The summed E-state index contributed by atoms with van der Waals surface area (Å²) in [5.41, 5.74) is -1.00. The zero-order valence-electron chi connectivity index (χ0n) is 17.2. The third-order valence-corrected chi connectivity index (χ3v) is 8.92. The maximum atomic E-state index is 13.0. The predicted molar refractivity (Wildman–Crippen MR) is 105 cm³/mol. The summed E-state index contributed by atoms with van der Waals surface area (Å²) in [7, 11) is 0. The lowest BCUT2D eigenvalue weighted by Crippen LogP contribution is -2.56. The number of carbonyl (C=O) groups excluding carboxylic acids is 2. The molecule has 1 unspecified atom stereocenters. The third-order valence-electron chi connectivity index (χ3n) is 8.83. The summed E-state index contributed by atoms with van der Waals surface area (Å²) in [5.74, 6) is 1.47. The molecule has 3 nitrogen and oxygen atoms in total. The van der Waals surface area contributed by atoms with Gasteiger partial charge in [0.1, 0.15) is 0 Å². The Kier molecular flexibility index (Phi) is 5.09. The summed E-state index contributed by atoms with van der Waals surface area (Å²) in [4.78, 5) is 23.7. The van der Waals surface area contributed by atoms with Gasteiger partial charge in [-0.1, -0.05) is 19.4 Å². The number of hydrogen-bond acceptors (Lipinski definition) is 3. The second kappa shape index (κ2) is 7.02. The van der Waals surface area contributed by atoms with Gasteiger partial charge in [0, 0.05) is 17.2 Å². The van der Waals surface area contributed by atoms with Crippen LogP contribution in [0.5, 0.6) is 0 Å². The van der Waals surface area contributed by atoms with Gasteiger partial charge in [-0.05, 0) is 91.7 Å². The lowest BCUT2D eigenvalue weighted by Gasteiger charge is -2.58. The maximum Gasteiger partial charge on any atom is 0.490 e. The second-order valence-corrected chi connectivity index (χ2v) is 10.1. The van der Waals surface area contributed by atoms with Crippen LogP contribution in [0.25, 0.3) is 0 Å². The first kappa shape index (κ1) is 21.7. The van der Waals surface area contributed by atoms with E-state index in [1.807, 2.05) is 13.0 Å². The van der Waals surface area contributed by atoms with E-state index in [4.69, 9.17) is 16.3 Å². The molecule has 3 fully saturated rings. The molecule has 0 bridgehead atoms. The van der Waals surface area contributed by atoms with Gasteiger partial charge in [-0.2, -0.15) is 13.2 Å². The molecular weight excluding hydrogens is 417 g/mol. The molecule has 4 aliphatic rings. The van der Waals surface area contributed by atoms with Crippen LogP contribution in [0.2, 0.25) is 0 Å². The summed E-state index contributed by atoms with van der Waals surface area (Å²) in [5, 5.41) is 2.23. The molecule has 0 radical (unpaired) electrons. The Bertz CT molecular complexity index is 869. The number of allylic oxidation sites excluding steroid dienone is 1. The quantitative estimate of drug-likeness (QED) is 0.394. The van der Waals surface area contributed by atoms with Crippen molar-refractivity contribution < 1.29 is 27.5 Å². The van der Waals surface area contributed by atoms with Crippen molar-refractivity contribution in [2.75, 3.05) is 0 Å². The monoisotopic (exact) mass is 442 g/mol. The van der Waals surface area contributed by atoms with Crippen LogP contribution in [0.1, 0.15) is 65.2 Å². The van der Waals surface area contributed by atoms with Crippen LogP contribution >= 0.6 is 11.6 Å². The van der Waals surface area contributed by atoms with E-state index in [1.165, 1.54) is 5.57 Å². The first-order valence-corrected chi connectivity index (χ1v) is 11.0. The number of fused-ring (bicyclic) bond motifs is 5. The zero-order chi connectivity index (χ0) is 21.9. The molecule has 4 rings (SSSR count). The molecule has 0 aromatic carbocycles. The van der Waals surface area contributed by atoms with Gasteiger partial charge < -0.3 is 4.74 Å². The number of alkyl halides is 3. The summed E-state index contributed by atoms with van der Waals surface area (Å²) in [6, 6.07) is 0. The van der Waals surface area contributed by atoms with Gasteiger partial charge in [0.2, 0.25) is 0 Å². The van der Waals surface area contributed by atoms with Crippen molar-refractivity contribution in [3.8, 4) is 11.3 Å². The highest BCUT2D eigenvalue weighted by molar-refractivity contribution is 6.30. The van der Waals surface area contributed by atoms with E-state index >= 15 is 0 Å². The minimum atomic E-state index is -5.07. The Hall–Kier alpha value is -1.48. The topological polar surface area (TPSA) is 43.4 Å². The number of halogens is 4. The molecule has 0 saturated heterocycles. The van der Waals surface area contributed by atoms with Crippen LogP contribution in [0.3, 0.4) is 0 Å². The molecular formula is C23H26ClF3O3. The average Bonchev–Trinajstić information content (AvgIpc) is 2.94. The van der Waals surface area contributed by atoms with Crippen LogP contribution in [-0.2, 0) is 14.3 Å². The molecule has 0 aliphatic heterocycles. The molecule has 0 aromatic rings. The Balaban J connectivity index is 1.68. The minimum absolute atomic E-state index is 0.0375. The number of rotatable bonds is 1. The van der Waals surface area contributed by atoms with E-state index in [9.17, 15) is 22.8 Å². The standard InChI is InChI=1S/C23H26ClF3O3/c1-20-8-5-15(28)13-14(20)3-4-16-17(20)6-9-21(2)18(16)7-10-22(21,11-12-24)30-19(29)23(25,26)27/h13,16-18H,3-10H2,1-2H3/t16-,17-,18+,20+,21+,22?/m1/s1. The lowest BCUT2D eigenvalue weighted by molar-refractivity contribution is -0.220. The Morgan fingerprint density at radius 1 is 1.13 bits per heavy atom. The van der Waals surface area contributed by atoms with Gasteiger partial charge in [-0.15, -0.1) is 0 Å². The third kappa shape index (κ3) is 3.03. The van der Waals surface area contributed by atoms with Crippen molar-refractivity contribution in [3.05, 3.63) is 11.6 Å². The molecule has 0 N–H and O–H groups in total. The highest BCUT2D eigenvalue weighted by Crippen LogP contribution is 2.68. The molecule has 0 spiro atoms. The molecule has 0 aromatic heterocycles. The summed E-state index contributed by atoms with van der Waals surface area (Å²) in [6.07, 6.45) is 2.23. The number of ketones is 1. The summed E-state index contributed by atoms with van der Waals surface area (Å²) < 4.78 is 44.1. The number of esters is 1. The van der Waals surface area contributed by atoms with Gasteiger partial charge >= 0.3 is 12.1 Å². The zero-order valence-corrected chi connectivity index (χ0v) is 18.0. The summed E-state index contributed by atoms with van der Waals surface area (Å²) >= 11 is 5.65. The maximum absolute atomic E-state index is 13.0. The normalized spacial score (nSPS) is 42.8. The van der Waals surface area contributed by atoms with Crippen molar-refractivity contribution in [1.82, 2.24) is 0 Å². The van der Waals surface area contributed by atoms with Crippen molar-refractivity contribution in [1.29, 1.82) is 0 Å². The highest BCUT2D eigenvalue weighted by atomic mass is 35.5. The van der Waals surface area contributed by atoms with Gasteiger partial charge in [-0.3, -0.25) is 4.79 Å². The predicted octanol–water partition coefficient (Wildman–Crippen LogP) is 5.56. The Morgan fingerprint density at radius 3 is 2.50 bits per heavy atom. The molecule has 7 heteroatoms. The van der Waals surface area contributed by atoms with Crippen molar-refractivity contribution in [2.45, 2.75) is 77.0 Å². The van der Waals surface area contributed by atoms with E-state index in [0.29, 0.717) is 31.1 Å². The Morgan fingerprint density at radius 2 is 1.83 bits per heavy atom. The van der Waals surface area contributed by atoms with E-state index in [2.05, 4.69) is 18.2 Å². The van der Waals surface area contributed by atoms with E-state index < -0.39 is 23.2 Å². The van der Waals surface area contributed by atoms with Crippen molar-refractivity contribution >= 4 is 23.4 Å². The van der Waals surface area contributed by atoms with Crippen LogP contribution in [-0.4, -0.2) is 23.5 Å². The minimum Gasteiger partial charge on any atom is -0.439 e. The van der Waals surface area contributed by atoms with Crippen LogP contribution in [0, 0.1) is 39.9 Å². The fourth-order valence-corrected chi connectivity index (χ4v) is 7.40. The molecule has 6 atom stereocenters. The first-order valence-electron chi connectivity index (χ1n) is 10.6. The van der Waals surface area contributed by atoms with Crippen molar-refractivity contribution in [2.24, 2.45) is 28.6 Å². The SMILES string of the molecule is C[C@]12CCC(=O)C=C1CC[C@@H]1[C@H]2CC[C@@]2(C)[C@H]1CCC2(C#CCl)OC(=O)C(F)(F)F. The molecule has 4 aliphatic carbocycles. The average molecular weight is 443 g/mol.